The molecule has 2 atom stereocenters. The molecule has 1 aliphatic carbocycles. The average molecular weight is 253 g/mol. The van der Waals surface area contributed by atoms with E-state index in [0.29, 0.717) is 26.0 Å². The van der Waals surface area contributed by atoms with Gasteiger partial charge in [0.25, 0.3) is 0 Å². The van der Waals surface area contributed by atoms with Crippen molar-refractivity contribution in [2.24, 2.45) is 5.92 Å². The molecule has 0 aliphatic heterocycles. The van der Waals surface area contributed by atoms with Gasteiger partial charge < -0.3 is 10.1 Å². The molecule has 5 heteroatoms. The highest BCUT2D eigenvalue weighted by atomic mass is 19.4. The minimum atomic E-state index is -4.05. The number of rotatable bonds is 6. The van der Waals surface area contributed by atoms with Crippen LogP contribution in [0.5, 0.6) is 0 Å². The molecule has 1 saturated carbocycles. The SMILES string of the molecule is COCCCCNC1CCCCC1C(F)(F)F. The van der Waals surface area contributed by atoms with Crippen LogP contribution in [0.2, 0.25) is 0 Å². The lowest BCUT2D eigenvalue weighted by molar-refractivity contribution is -0.188. The van der Waals surface area contributed by atoms with E-state index in [0.717, 1.165) is 19.3 Å². The molecular formula is C12H22F3NO. The fourth-order valence-corrected chi connectivity index (χ4v) is 2.43. The van der Waals surface area contributed by atoms with Crippen molar-refractivity contribution in [3.05, 3.63) is 0 Å². The van der Waals surface area contributed by atoms with Crippen molar-refractivity contribution in [1.29, 1.82) is 0 Å². The first-order chi connectivity index (χ1) is 8.05. The van der Waals surface area contributed by atoms with Crippen molar-refractivity contribution < 1.29 is 17.9 Å². The molecule has 1 N–H and O–H groups in total. The first-order valence-corrected chi connectivity index (χ1v) is 6.34. The molecule has 0 aromatic rings. The lowest BCUT2D eigenvalue weighted by Crippen LogP contribution is -2.45. The van der Waals surface area contributed by atoms with Crippen LogP contribution in [-0.2, 0) is 4.74 Å². The van der Waals surface area contributed by atoms with E-state index in [2.05, 4.69) is 5.32 Å². The van der Waals surface area contributed by atoms with Gasteiger partial charge in [-0.05, 0) is 32.2 Å². The zero-order chi connectivity index (χ0) is 12.7. The maximum atomic E-state index is 12.8. The summed E-state index contributed by atoms with van der Waals surface area (Å²) in [4.78, 5) is 0. The number of halogens is 3. The highest BCUT2D eigenvalue weighted by Crippen LogP contribution is 2.37. The summed E-state index contributed by atoms with van der Waals surface area (Å²) >= 11 is 0. The molecule has 0 aromatic carbocycles. The monoisotopic (exact) mass is 253 g/mol. The number of unbranched alkanes of at least 4 members (excludes halogenated alkanes) is 1. The maximum absolute atomic E-state index is 12.8. The van der Waals surface area contributed by atoms with E-state index in [1.165, 1.54) is 0 Å². The largest absolute Gasteiger partial charge is 0.393 e. The molecule has 2 nitrogen and oxygen atoms in total. The lowest BCUT2D eigenvalue weighted by atomic mass is 9.84. The van der Waals surface area contributed by atoms with Crippen LogP contribution in [0.3, 0.4) is 0 Å². The molecule has 1 aliphatic rings. The van der Waals surface area contributed by atoms with Crippen LogP contribution in [-0.4, -0.2) is 32.5 Å². The number of methoxy groups -OCH3 is 1. The Bertz CT molecular complexity index is 208. The smallest absolute Gasteiger partial charge is 0.385 e. The minimum absolute atomic E-state index is 0.277. The van der Waals surface area contributed by atoms with Crippen molar-refractivity contribution in [3.8, 4) is 0 Å². The van der Waals surface area contributed by atoms with E-state index in [1.54, 1.807) is 7.11 Å². The second kappa shape index (κ2) is 7.21. The molecule has 0 spiro atoms. The third kappa shape index (κ3) is 5.25. The normalized spacial score (nSPS) is 26.1. The first kappa shape index (κ1) is 14.8. The van der Waals surface area contributed by atoms with E-state index in [1.807, 2.05) is 0 Å². The molecule has 1 fully saturated rings. The topological polar surface area (TPSA) is 21.3 Å². The Balaban J connectivity index is 2.28. The Hall–Kier alpha value is -0.290. The zero-order valence-corrected chi connectivity index (χ0v) is 10.4. The van der Waals surface area contributed by atoms with Crippen LogP contribution in [0.1, 0.15) is 38.5 Å². The molecule has 0 bridgehead atoms. The summed E-state index contributed by atoms with van der Waals surface area (Å²) in [5.41, 5.74) is 0. The van der Waals surface area contributed by atoms with Gasteiger partial charge in [-0.1, -0.05) is 12.8 Å². The van der Waals surface area contributed by atoms with Gasteiger partial charge >= 0.3 is 6.18 Å². The third-order valence-corrected chi connectivity index (χ3v) is 3.37. The van der Waals surface area contributed by atoms with Crippen LogP contribution in [0, 0.1) is 5.92 Å². The van der Waals surface area contributed by atoms with Gasteiger partial charge in [0.05, 0.1) is 5.92 Å². The zero-order valence-electron chi connectivity index (χ0n) is 10.4. The Morgan fingerprint density at radius 1 is 1.18 bits per heavy atom. The first-order valence-electron chi connectivity index (χ1n) is 6.34. The molecule has 0 amide bonds. The van der Waals surface area contributed by atoms with E-state index >= 15 is 0 Å². The number of alkyl halides is 3. The molecule has 102 valence electrons. The molecule has 17 heavy (non-hydrogen) atoms. The average Bonchev–Trinajstić information content (AvgIpc) is 2.28. The second-order valence-electron chi connectivity index (χ2n) is 4.69. The molecule has 0 aromatic heterocycles. The van der Waals surface area contributed by atoms with Gasteiger partial charge in [-0.2, -0.15) is 13.2 Å². The molecular weight excluding hydrogens is 231 g/mol. The minimum Gasteiger partial charge on any atom is -0.385 e. The van der Waals surface area contributed by atoms with Crippen LogP contribution in [0.4, 0.5) is 13.2 Å². The van der Waals surface area contributed by atoms with Gasteiger partial charge in [0, 0.05) is 19.8 Å². The maximum Gasteiger partial charge on any atom is 0.393 e. The Morgan fingerprint density at radius 2 is 1.88 bits per heavy atom. The number of nitrogens with one attached hydrogen (secondary N) is 1. The second-order valence-corrected chi connectivity index (χ2v) is 4.69. The van der Waals surface area contributed by atoms with Gasteiger partial charge in [-0.25, -0.2) is 0 Å². The summed E-state index contributed by atoms with van der Waals surface area (Å²) in [5, 5.41) is 3.06. The summed E-state index contributed by atoms with van der Waals surface area (Å²) < 4.78 is 43.2. The van der Waals surface area contributed by atoms with Crippen molar-refractivity contribution in [1.82, 2.24) is 5.32 Å². The summed E-state index contributed by atoms with van der Waals surface area (Å²) in [6.45, 7) is 1.33. The molecule has 0 radical (unpaired) electrons. The van der Waals surface area contributed by atoms with Crippen LogP contribution >= 0.6 is 0 Å². The standard InChI is InChI=1S/C12H22F3NO/c1-17-9-5-4-8-16-11-7-3-2-6-10(11)12(13,14)15/h10-11,16H,2-9H2,1H3. The molecule has 0 saturated heterocycles. The van der Waals surface area contributed by atoms with Gasteiger partial charge in [0.15, 0.2) is 0 Å². The van der Waals surface area contributed by atoms with Crippen molar-refractivity contribution in [3.63, 3.8) is 0 Å². The fraction of sp³-hybridized carbons (Fsp3) is 1.00. The molecule has 2 unspecified atom stereocenters. The van der Waals surface area contributed by atoms with Crippen molar-refractivity contribution >= 4 is 0 Å². The van der Waals surface area contributed by atoms with E-state index in [4.69, 9.17) is 4.74 Å². The van der Waals surface area contributed by atoms with Crippen LogP contribution < -0.4 is 5.32 Å². The summed E-state index contributed by atoms with van der Waals surface area (Å²) in [6, 6.07) is -0.383. The Labute approximate surface area is 101 Å². The Morgan fingerprint density at radius 3 is 2.53 bits per heavy atom. The van der Waals surface area contributed by atoms with Gasteiger partial charge in [0.2, 0.25) is 0 Å². The van der Waals surface area contributed by atoms with Crippen molar-refractivity contribution in [2.45, 2.75) is 50.7 Å². The lowest BCUT2D eigenvalue weighted by Gasteiger charge is -2.33. The van der Waals surface area contributed by atoms with Crippen LogP contribution in [0.25, 0.3) is 0 Å². The summed E-state index contributed by atoms with van der Waals surface area (Å²) in [6.07, 6.45) is 0.245. The van der Waals surface area contributed by atoms with E-state index in [9.17, 15) is 13.2 Å². The highest BCUT2D eigenvalue weighted by molar-refractivity contribution is 4.85. The quantitative estimate of drug-likeness (QED) is 0.734. The van der Waals surface area contributed by atoms with E-state index in [-0.39, 0.29) is 12.5 Å². The number of hydrogen-bond acceptors (Lipinski definition) is 2. The predicted molar refractivity (Wildman–Crippen MR) is 60.9 cm³/mol. The van der Waals surface area contributed by atoms with Gasteiger partial charge in [-0.15, -0.1) is 0 Å². The molecule has 1 rings (SSSR count). The Kier molecular flexibility index (Phi) is 6.27. The third-order valence-electron chi connectivity index (χ3n) is 3.37. The van der Waals surface area contributed by atoms with Crippen LogP contribution in [0.15, 0.2) is 0 Å². The van der Waals surface area contributed by atoms with Crippen molar-refractivity contribution in [2.75, 3.05) is 20.3 Å². The fourth-order valence-electron chi connectivity index (χ4n) is 2.43. The number of hydrogen-bond donors (Lipinski definition) is 1. The van der Waals surface area contributed by atoms with E-state index < -0.39 is 12.1 Å². The highest BCUT2D eigenvalue weighted by Gasteiger charge is 2.45. The molecule has 0 heterocycles. The van der Waals surface area contributed by atoms with Gasteiger partial charge in [0.1, 0.15) is 0 Å². The summed E-state index contributed by atoms with van der Waals surface area (Å²) in [7, 11) is 1.63. The number of ether oxygens (including phenoxy) is 1. The summed E-state index contributed by atoms with van der Waals surface area (Å²) in [5.74, 6) is -1.15. The van der Waals surface area contributed by atoms with Gasteiger partial charge in [-0.3, -0.25) is 0 Å². The predicted octanol–water partition coefficient (Wildman–Crippen LogP) is 3.12.